The van der Waals surface area contributed by atoms with Gasteiger partial charge in [-0.3, -0.25) is 5.10 Å². The van der Waals surface area contributed by atoms with Gasteiger partial charge in [-0.05, 0) is 25.0 Å². The highest BCUT2D eigenvalue weighted by Crippen LogP contribution is 2.40. The molecule has 18 heavy (non-hydrogen) atoms. The fraction of sp³-hybridized carbons (Fsp3) is 0.357. The molecule has 0 aliphatic carbocycles. The number of hydrogen-bond donors (Lipinski definition) is 2. The Morgan fingerprint density at radius 3 is 3.00 bits per heavy atom. The lowest BCUT2D eigenvalue weighted by Gasteiger charge is -2.21. The second-order valence-corrected chi connectivity index (χ2v) is 5.14. The minimum Gasteiger partial charge on any atom is -0.307 e. The highest BCUT2D eigenvalue weighted by atomic mass is 19.1. The van der Waals surface area contributed by atoms with E-state index < -0.39 is 0 Å². The van der Waals surface area contributed by atoms with Gasteiger partial charge >= 0.3 is 0 Å². The first-order chi connectivity index (χ1) is 8.83. The van der Waals surface area contributed by atoms with Crippen LogP contribution in [0.2, 0.25) is 0 Å². The number of H-pyrrole nitrogens is 1. The number of benzene rings is 1. The fourth-order valence-corrected chi connectivity index (χ4v) is 3.23. The van der Waals surface area contributed by atoms with Gasteiger partial charge in [-0.15, -0.1) is 0 Å². The first kappa shape index (κ1) is 10.3. The molecular weight excluding hydrogens is 229 g/mol. The van der Waals surface area contributed by atoms with Crippen LogP contribution in [0.15, 0.2) is 24.3 Å². The van der Waals surface area contributed by atoms with E-state index in [1.807, 2.05) is 6.07 Å². The van der Waals surface area contributed by atoms with E-state index in [0.29, 0.717) is 17.6 Å². The summed E-state index contributed by atoms with van der Waals surface area (Å²) in [5.41, 5.74) is 3.73. The van der Waals surface area contributed by atoms with E-state index in [0.717, 1.165) is 18.5 Å². The van der Waals surface area contributed by atoms with Gasteiger partial charge < -0.3 is 5.32 Å². The molecule has 2 aromatic rings. The van der Waals surface area contributed by atoms with Crippen LogP contribution in [0.1, 0.15) is 30.1 Å². The van der Waals surface area contributed by atoms with E-state index in [1.165, 1.54) is 23.7 Å². The molecule has 1 saturated heterocycles. The van der Waals surface area contributed by atoms with Crippen molar-refractivity contribution in [1.29, 1.82) is 0 Å². The number of rotatable bonds is 1. The van der Waals surface area contributed by atoms with Crippen molar-refractivity contribution in [2.45, 2.75) is 31.3 Å². The number of fused-ring (bicyclic) bond motifs is 4. The van der Waals surface area contributed by atoms with Crippen LogP contribution in [0.5, 0.6) is 0 Å². The Kier molecular flexibility index (Phi) is 2.08. The lowest BCUT2D eigenvalue weighted by Crippen LogP contribution is -2.31. The van der Waals surface area contributed by atoms with E-state index in [-0.39, 0.29) is 5.82 Å². The number of halogens is 1. The van der Waals surface area contributed by atoms with Crippen LogP contribution < -0.4 is 5.32 Å². The molecule has 2 bridgehead atoms. The van der Waals surface area contributed by atoms with Crippen LogP contribution in [0.4, 0.5) is 4.39 Å². The molecule has 2 aliphatic heterocycles. The van der Waals surface area contributed by atoms with Crippen LogP contribution in [0.3, 0.4) is 0 Å². The van der Waals surface area contributed by atoms with Gasteiger partial charge in [0.25, 0.3) is 0 Å². The van der Waals surface area contributed by atoms with Crippen molar-refractivity contribution in [3.63, 3.8) is 0 Å². The summed E-state index contributed by atoms with van der Waals surface area (Å²) in [7, 11) is 0. The minimum atomic E-state index is -0.202. The highest BCUT2D eigenvalue weighted by Gasteiger charge is 2.36. The molecule has 3 heterocycles. The average Bonchev–Trinajstić information content (AvgIpc) is 2.96. The van der Waals surface area contributed by atoms with Gasteiger partial charge in [0.05, 0.1) is 0 Å². The predicted octanol–water partition coefficient (Wildman–Crippen LogP) is 2.57. The molecule has 1 aromatic carbocycles. The molecule has 1 fully saturated rings. The summed E-state index contributed by atoms with van der Waals surface area (Å²) >= 11 is 0. The van der Waals surface area contributed by atoms with E-state index in [1.54, 1.807) is 12.1 Å². The van der Waals surface area contributed by atoms with Gasteiger partial charge in [0.1, 0.15) is 11.5 Å². The van der Waals surface area contributed by atoms with Crippen LogP contribution in [-0.2, 0) is 6.42 Å². The van der Waals surface area contributed by atoms with Crippen molar-refractivity contribution in [2.75, 3.05) is 0 Å². The summed E-state index contributed by atoms with van der Waals surface area (Å²) in [6, 6.07) is 7.76. The maximum atomic E-state index is 13.9. The smallest absolute Gasteiger partial charge is 0.132 e. The van der Waals surface area contributed by atoms with Crippen LogP contribution >= 0.6 is 0 Å². The summed E-state index contributed by atoms with van der Waals surface area (Å²) < 4.78 is 13.9. The van der Waals surface area contributed by atoms with E-state index >= 15 is 0 Å². The molecule has 0 unspecified atom stereocenters. The quantitative estimate of drug-likeness (QED) is 0.808. The monoisotopic (exact) mass is 243 g/mol. The Morgan fingerprint density at radius 2 is 2.11 bits per heavy atom. The topological polar surface area (TPSA) is 40.7 Å². The van der Waals surface area contributed by atoms with Crippen molar-refractivity contribution >= 4 is 0 Å². The molecule has 1 aromatic heterocycles. The normalized spacial score (nSPS) is 25.2. The van der Waals surface area contributed by atoms with Crippen molar-refractivity contribution < 1.29 is 4.39 Å². The SMILES string of the molecule is Fc1ccccc1-c1n[nH]c2c1[C@H]1CC[C@H](C2)N1. The Morgan fingerprint density at radius 1 is 1.22 bits per heavy atom. The fourth-order valence-electron chi connectivity index (χ4n) is 3.23. The zero-order valence-corrected chi connectivity index (χ0v) is 9.91. The number of hydrogen-bond acceptors (Lipinski definition) is 2. The van der Waals surface area contributed by atoms with Gasteiger partial charge in [0.15, 0.2) is 0 Å². The molecule has 2 atom stereocenters. The van der Waals surface area contributed by atoms with Crippen molar-refractivity contribution in [2.24, 2.45) is 0 Å². The average molecular weight is 243 g/mol. The molecule has 0 amide bonds. The molecule has 0 saturated carbocycles. The second kappa shape index (κ2) is 3.65. The first-order valence-corrected chi connectivity index (χ1v) is 6.41. The largest absolute Gasteiger partial charge is 0.307 e. The third kappa shape index (κ3) is 1.35. The first-order valence-electron chi connectivity index (χ1n) is 6.41. The Bertz CT molecular complexity index is 605. The second-order valence-electron chi connectivity index (χ2n) is 5.14. The zero-order valence-electron chi connectivity index (χ0n) is 9.91. The maximum absolute atomic E-state index is 13.9. The number of nitrogens with one attached hydrogen (secondary N) is 2. The Balaban J connectivity index is 1.89. The summed E-state index contributed by atoms with van der Waals surface area (Å²) in [6.07, 6.45) is 3.30. The number of aromatic amines is 1. The maximum Gasteiger partial charge on any atom is 0.132 e. The van der Waals surface area contributed by atoms with Crippen molar-refractivity contribution in [3.05, 3.63) is 41.3 Å². The van der Waals surface area contributed by atoms with Crippen molar-refractivity contribution in [1.82, 2.24) is 15.5 Å². The third-order valence-corrected chi connectivity index (χ3v) is 4.05. The Labute approximate surface area is 104 Å². The van der Waals surface area contributed by atoms with Crippen LogP contribution in [0.25, 0.3) is 11.3 Å². The summed E-state index contributed by atoms with van der Waals surface area (Å²) in [5, 5.41) is 11.0. The molecular formula is C14H14FN3. The molecule has 2 aliphatic rings. The van der Waals surface area contributed by atoms with Gasteiger partial charge in [-0.2, -0.15) is 5.10 Å². The standard InChI is InChI=1S/C14H14FN3/c15-10-4-2-1-3-9(10)14-13-11-6-5-8(16-11)7-12(13)17-18-14/h1-4,8,11,16H,5-7H2,(H,17,18)/t8-,11-/m1/s1. The lowest BCUT2D eigenvalue weighted by atomic mass is 9.96. The zero-order chi connectivity index (χ0) is 12.1. The van der Waals surface area contributed by atoms with Gasteiger partial charge in [0, 0.05) is 35.3 Å². The van der Waals surface area contributed by atoms with E-state index in [9.17, 15) is 4.39 Å². The molecule has 4 rings (SSSR count). The summed E-state index contributed by atoms with van der Waals surface area (Å²) in [4.78, 5) is 0. The highest BCUT2D eigenvalue weighted by molar-refractivity contribution is 5.66. The lowest BCUT2D eigenvalue weighted by molar-refractivity contribution is 0.511. The van der Waals surface area contributed by atoms with Crippen LogP contribution in [0, 0.1) is 5.82 Å². The minimum absolute atomic E-state index is 0.202. The predicted molar refractivity (Wildman–Crippen MR) is 66.6 cm³/mol. The summed E-state index contributed by atoms with van der Waals surface area (Å²) in [5.74, 6) is -0.202. The Hall–Kier alpha value is -1.68. The molecule has 3 nitrogen and oxygen atoms in total. The van der Waals surface area contributed by atoms with E-state index in [2.05, 4.69) is 15.5 Å². The third-order valence-electron chi connectivity index (χ3n) is 4.05. The van der Waals surface area contributed by atoms with Gasteiger partial charge in [-0.1, -0.05) is 12.1 Å². The number of aromatic nitrogens is 2. The van der Waals surface area contributed by atoms with Crippen LogP contribution in [-0.4, -0.2) is 16.2 Å². The molecule has 2 N–H and O–H groups in total. The molecule has 0 spiro atoms. The van der Waals surface area contributed by atoms with Gasteiger partial charge in [0.2, 0.25) is 0 Å². The van der Waals surface area contributed by atoms with E-state index in [4.69, 9.17) is 0 Å². The summed E-state index contributed by atoms with van der Waals surface area (Å²) in [6.45, 7) is 0. The molecule has 92 valence electrons. The number of nitrogens with zero attached hydrogens (tertiary/aromatic N) is 1. The molecule has 4 heteroatoms. The molecule has 0 radical (unpaired) electrons. The van der Waals surface area contributed by atoms with Crippen molar-refractivity contribution in [3.8, 4) is 11.3 Å². The van der Waals surface area contributed by atoms with Gasteiger partial charge in [-0.25, -0.2) is 4.39 Å².